The Labute approximate surface area is 201 Å². The lowest BCUT2D eigenvalue weighted by Gasteiger charge is -2.16. The third-order valence-corrected chi connectivity index (χ3v) is 4.97. The van der Waals surface area contributed by atoms with Crippen molar-refractivity contribution >= 4 is 40.6 Å². The molecule has 8 nitrogen and oxygen atoms in total. The van der Waals surface area contributed by atoms with E-state index in [1.54, 1.807) is 44.4 Å². The molecule has 2 aromatic rings. The maximum absolute atomic E-state index is 12.3. The summed E-state index contributed by atoms with van der Waals surface area (Å²) in [5, 5.41) is 6.65. The highest BCUT2D eigenvalue weighted by molar-refractivity contribution is 14.1. The first-order chi connectivity index (χ1) is 15.2. The molecule has 32 heavy (non-hydrogen) atoms. The van der Waals surface area contributed by atoms with Gasteiger partial charge in [0.1, 0.15) is 11.8 Å². The van der Waals surface area contributed by atoms with Gasteiger partial charge in [-0.25, -0.2) is 5.43 Å². The minimum atomic E-state index is -0.775. The van der Waals surface area contributed by atoms with Gasteiger partial charge in [0.25, 0.3) is 11.8 Å². The summed E-state index contributed by atoms with van der Waals surface area (Å²) >= 11 is 2.17. The van der Waals surface area contributed by atoms with Crippen LogP contribution in [0.5, 0.6) is 17.2 Å². The molecule has 0 fully saturated rings. The van der Waals surface area contributed by atoms with Crippen molar-refractivity contribution in [2.45, 2.75) is 39.8 Å². The Morgan fingerprint density at radius 2 is 1.84 bits per heavy atom. The molecule has 0 aliphatic heterocycles. The first kappa shape index (κ1) is 25.4. The van der Waals surface area contributed by atoms with Gasteiger partial charge in [-0.3, -0.25) is 9.59 Å². The van der Waals surface area contributed by atoms with Crippen molar-refractivity contribution in [3.8, 4) is 17.2 Å². The summed E-state index contributed by atoms with van der Waals surface area (Å²) in [6.45, 7) is 7.87. The Hall–Kier alpha value is -2.82. The van der Waals surface area contributed by atoms with Gasteiger partial charge < -0.3 is 19.5 Å². The number of ether oxygens (including phenoxy) is 3. The number of benzene rings is 2. The molecule has 2 aromatic carbocycles. The van der Waals surface area contributed by atoms with E-state index in [2.05, 4.69) is 38.4 Å². The lowest BCUT2D eigenvalue weighted by Crippen LogP contribution is -2.43. The highest BCUT2D eigenvalue weighted by Crippen LogP contribution is 2.34. The molecule has 0 aliphatic rings. The van der Waals surface area contributed by atoms with E-state index in [1.165, 1.54) is 6.21 Å². The number of carbonyl (C=O) groups is 2. The molecule has 2 rings (SSSR count). The van der Waals surface area contributed by atoms with E-state index in [-0.39, 0.29) is 12.0 Å². The zero-order valence-corrected chi connectivity index (χ0v) is 20.9. The number of hydrogen-bond acceptors (Lipinski definition) is 6. The van der Waals surface area contributed by atoms with E-state index < -0.39 is 11.9 Å². The first-order valence-electron chi connectivity index (χ1n) is 10.2. The number of methoxy groups -OCH3 is 1. The summed E-state index contributed by atoms with van der Waals surface area (Å²) < 4.78 is 17.5. The molecule has 9 heteroatoms. The van der Waals surface area contributed by atoms with Gasteiger partial charge in [0, 0.05) is 5.56 Å². The van der Waals surface area contributed by atoms with Crippen LogP contribution in [0.2, 0.25) is 0 Å². The van der Waals surface area contributed by atoms with Crippen molar-refractivity contribution in [1.82, 2.24) is 10.7 Å². The van der Waals surface area contributed by atoms with E-state index in [1.807, 2.05) is 26.8 Å². The number of hydrogen-bond donors (Lipinski definition) is 2. The summed E-state index contributed by atoms with van der Waals surface area (Å²) in [7, 11) is 1.55. The predicted molar refractivity (Wildman–Crippen MR) is 132 cm³/mol. The lowest BCUT2D eigenvalue weighted by atomic mass is 10.2. The van der Waals surface area contributed by atoms with Crippen LogP contribution >= 0.6 is 22.6 Å². The topological polar surface area (TPSA) is 98.2 Å². The number of rotatable bonds is 10. The average molecular weight is 553 g/mol. The number of halogens is 1. The third kappa shape index (κ3) is 7.40. The van der Waals surface area contributed by atoms with Gasteiger partial charge in [0.05, 0.1) is 29.6 Å². The summed E-state index contributed by atoms with van der Waals surface area (Å²) in [6.07, 6.45) is 1.52. The third-order valence-electron chi connectivity index (χ3n) is 4.17. The molecule has 0 bridgehead atoms. The maximum Gasteiger partial charge on any atom is 0.262 e. The molecule has 172 valence electrons. The van der Waals surface area contributed by atoms with E-state index in [0.717, 1.165) is 9.13 Å². The molecule has 0 saturated heterocycles. The summed E-state index contributed by atoms with van der Waals surface area (Å²) in [4.78, 5) is 24.6. The van der Waals surface area contributed by atoms with E-state index in [9.17, 15) is 9.59 Å². The molecule has 0 radical (unpaired) electrons. The molecule has 2 N–H and O–H groups in total. The van der Waals surface area contributed by atoms with Gasteiger partial charge in [-0.15, -0.1) is 0 Å². The second-order valence-corrected chi connectivity index (χ2v) is 8.25. The zero-order valence-electron chi connectivity index (χ0n) is 18.8. The molecule has 1 unspecified atom stereocenters. The quantitative estimate of drug-likeness (QED) is 0.266. The van der Waals surface area contributed by atoms with Gasteiger partial charge in [0.15, 0.2) is 11.5 Å². The van der Waals surface area contributed by atoms with Crippen molar-refractivity contribution in [1.29, 1.82) is 0 Å². The van der Waals surface area contributed by atoms with Crippen LogP contribution in [0.1, 0.15) is 43.6 Å². The molecule has 2 amide bonds. The molecule has 0 aromatic heterocycles. The minimum Gasteiger partial charge on any atom is -0.497 e. The van der Waals surface area contributed by atoms with Crippen molar-refractivity contribution < 1.29 is 23.8 Å². The van der Waals surface area contributed by atoms with Crippen LogP contribution in [0.4, 0.5) is 0 Å². The minimum absolute atomic E-state index is 0.0103. The van der Waals surface area contributed by atoms with E-state index >= 15 is 0 Å². The second-order valence-electron chi connectivity index (χ2n) is 7.09. The molecule has 1 atom stereocenters. The zero-order chi connectivity index (χ0) is 23.7. The Kier molecular flexibility index (Phi) is 9.76. The smallest absolute Gasteiger partial charge is 0.262 e. The molecule has 0 spiro atoms. The normalized spacial score (nSPS) is 11.8. The highest BCUT2D eigenvalue weighted by Gasteiger charge is 2.17. The molecule has 0 saturated carbocycles. The number of amides is 2. The van der Waals surface area contributed by atoms with E-state index in [0.29, 0.717) is 29.4 Å². The van der Waals surface area contributed by atoms with Crippen molar-refractivity contribution in [3.63, 3.8) is 0 Å². The molecular weight excluding hydrogens is 525 g/mol. The fraction of sp³-hybridized carbons (Fsp3) is 0.348. The maximum atomic E-state index is 12.3. The van der Waals surface area contributed by atoms with Gasteiger partial charge in [-0.1, -0.05) is 0 Å². The highest BCUT2D eigenvalue weighted by atomic mass is 127. The van der Waals surface area contributed by atoms with Crippen molar-refractivity contribution in [3.05, 3.63) is 51.1 Å². The number of carbonyl (C=O) groups excluding carboxylic acids is 2. The summed E-state index contributed by atoms with van der Waals surface area (Å²) in [5.41, 5.74) is 3.61. The van der Waals surface area contributed by atoms with Crippen LogP contribution in [0.25, 0.3) is 0 Å². The van der Waals surface area contributed by atoms with Crippen LogP contribution in [-0.4, -0.2) is 43.9 Å². The van der Waals surface area contributed by atoms with Crippen LogP contribution < -0.4 is 25.0 Å². The van der Waals surface area contributed by atoms with Crippen molar-refractivity contribution in [2.75, 3.05) is 13.7 Å². The molecule has 0 aliphatic carbocycles. The van der Waals surface area contributed by atoms with Crippen LogP contribution in [0.3, 0.4) is 0 Å². The second kappa shape index (κ2) is 12.3. The van der Waals surface area contributed by atoms with Crippen LogP contribution in [0, 0.1) is 3.57 Å². The van der Waals surface area contributed by atoms with Gasteiger partial charge >= 0.3 is 0 Å². The molecule has 0 heterocycles. The summed E-state index contributed by atoms with van der Waals surface area (Å²) in [6, 6.07) is 9.52. The van der Waals surface area contributed by atoms with Crippen molar-refractivity contribution in [2.24, 2.45) is 5.10 Å². The molecular formula is C23H28IN3O5. The Balaban J connectivity index is 2.00. The average Bonchev–Trinajstić information content (AvgIpc) is 2.76. The van der Waals surface area contributed by atoms with Crippen LogP contribution in [-0.2, 0) is 4.79 Å². The number of hydrazone groups is 1. The predicted octanol–water partition coefficient (Wildman–Crippen LogP) is 3.75. The van der Waals surface area contributed by atoms with Gasteiger partial charge in [-0.05, 0) is 92.2 Å². The Morgan fingerprint density at radius 3 is 2.44 bits per heavy atom. The van der Waals surface area contributed by atoms with Gasteiger partial charge in [0.2, 0.25) is 0 Å². The summed E-state index contributed by atoms with van der Waals surface area (Å²) in [5.74, 6) is 1.13. The number of nitrogens with one attached hydrogen (secondary N) is 2. The Bertz CT molecular complexity index is 961. The number of nitrogens with zero attached hydrogens (tertiary/aromatic N) is 1. The largest absolute Gasteiger partial charge is 0.497 e. The van der Waals surface area contributed by atoms with Gasteiger partial charge in [-0.2, -0.15) is 5.10 Å². The fourth-order valence-electron chi connectivity index (χ4n) is 2.63. The monoisotopic (exact) mass is 553 g/mol. The SMILES string of the molecule is CCOc1cc(C=NNC(=O)C(C)NC(=O)c2ccc(OC)cc2)cc(I)c1OC(C)C. The lowest BCUT2D eigenvalue weighted by molar-refractivity contribution is -0.122. The fourth-order valence-corrected chi connectivity index (χ4v) is 3.38. The standard InChI is InChI=1S/C23H28IN3O5/c1-6-31-20-12-16(11-19(24)21(20)32-14(2)3)13-25-27-22(28)15(4)26-23(29)17-7-9-18(30-5)10-8-17/h7-15H,6H2,1-5H3,(H,26,29)(H,27,28). The first-order valence-corrected chi connectivity index (χ1v) is 11.2. The Morgan fingerprint density at radius 1 is 1.16 bits per heavy atom. The van der Waals surface area contributed by atoms with E-state index in [4.69, 9.17) is 14.2 Å². The van der Waals surface area contributed by atoms with Crippen LogP contribution in [0.15, 0.2) is 41.5 Å².